The largest absolute Gasteiger partial charge is 0.268 e. The standard InChI is InChI=1S/C26H11F2N3O3/c27-17-10-19-20(11-18(17)28)31-23(29-19)13-6-7-15-22-16(9-8-14(21(13)22)26(31)34)25(33)30(24(15)32)12-4-2-1-3-5-12/h1-11H. The maximum Gasteiger partial charge on any atom is 0.265 e. The smallest absolute Gasteiger partial charge is 0.265 e. The maximum absolute atomic E-state index is 14.0. The molecule has 1 aliphatic heterocycles. The summed E-state index contributed by atoms with van der Waals surface area (Å²) in [7, 11) is 0. The van der Waals surface area contributed by atoms with Gasteiger partial charge in [-0.15, -0.1) is 0 Å². The molecule has 0 bridgehead atoms. The molecule has 6 aromatic rings. The van der Waals surface area contributed by atoms with Crippen molar-refractivity contribution in [3.63, 3.8) is 0 Å². The molecule has 8 heteroatoms. The lowest BCUT2D eigenvalue weighted by molar-refractivity contribution is 0.0893. The summed E-state index contributed by atoms with van der Waals surface area (Å²) in [5.41, 5.74) is 0.986. The van der Waals surface area contributed by atoms with Gasteiger partial charge in [0.05, 0.1) is 16.7 Å². The van der Waals surface area contributed by atoms with Crippen molar-refractivity contribution in [2.45, 2.75) is 0 Å². The van der Waals surface area contributed by atoms with Gasteiger partial charge in [-0.25, -0.2) is 18.7 Å². The molecule has 3 heterocycles. The summed E-state index contributed by atoms with van der Waals surface area (Å²) >= 11 is 0. The summed E-state index contributed by atoms with van der Waals surface area (Å²) in [5, 5.41) is 1.56. The number of hydrogen-bond acceptors (Lipinski definition) is 4. The highest BCUT2D eigenvalue weighted by atomic mass is 19.2. The van der Waals surface area contributed by atoms with Crippen molar-refractivity contribution in [3.8, 4) is 0 Å². The number of imide groups is 1. The maximum atomic E-state index is 14.0. The number of para-hydroxylation sites is 1. The second-order valence-corrected chi connectivity index (χ2v) is 8.18. The van der Waals surface area contributed by atoms with Gasteiger partial charge in [0.15, 0.2) is 11.6 Å². The summed E-state index contributed by atoms with van der Waals surface area (Å²) in [6.45, 7) is 0. The average Bonchev–Trinajstić information content (AvgIpc) is 3.20. The fourth-order valence-corrected chi connectivity index (χ4v) is 4.94. The van der Waals surface area contributed by atoms with Gasteiger partial charge in [0, 0.05) is 44.8 Å². The predicted molar refractivity (Wildman–Crippen MR) is 123 cm³/mol. The van der Waals surface area contributed by atoms with E-state index in [9.17, 15) is 23.2 Å². The van der Waals surface area contributed by atoms with Crippen LogP contribution in [0.1, 0.15) is 20.7 Å². The second-order valence-electron chi connectivity index (χ2n) is 8.18. The third-order valence-corrected chi connectivity index (χ3v) is 6.41. The molecule has 34 heavy (non-hydrogen) atoms. The lowest BCUT2D eigenvalue weighted by Gasteiger charge is -2.27. The third-order valence-electron chi connectivity index (χ3n) is 6.41. The van der Waals surface area contributed by atoms with Gasteiger partial charge in [0.25, 0.3) is 17.4 Å². The Morgan fingerprint density at radius 3 is 2.06 bits per heavy atom. The van der Waals surface area contributed by atoms with Gasteiger partial charge < -0.3 is 0 Å². The minimum absolute atomic E-state index is 0.127. The molecule has 0 atom stereocenters. The SMILES string of the molecule is O=C1c2ccc3c(=O)n4c5cc(F)c(F)cc5nc4c4ccc(c2c34)C(=O)N1c1ccccc1. The Morgan fingerprint density at radius 1 is 0.706 bits per heavy atom. The van der Waals surface area contributed by atoms with Gasteiger partial charge in [-0.3, -0.25) is 18.8 Å². The molecule has 0 fully saturated rings. The van der Waals surface area contributed by atoms with Crippen LogP contribution in [0.5, 0.6) is 0 Å². The predicted octanol–water partition coefficient (Wildman–Crippen LogP) is 4.67. The van der Waals surface area contributed by atoms with Crippen molar-refractivity contribution >= 4 is 55.7 Å². The first-order chi connectivity index (χ1) is 16.5. The Labute approximate surface area is 188 Å². The van der Waals surface area contributed by atoms with Gasteiger partial charge in [-0.05, 0) is 36.4 Å². The molecule has 7 rings (SSSR count). The molecule has 4 aromatic carbocycles. The van der Waals surface area contributed by atoms with Gasteiger partial charge in [0.2, 0.25) is 0 Å². The van der Waals surface area contributed by atoms with E-state index >= 15 is 0 Å². The molecule has 0 radical (unpaired) electrons. The lowest BCUT2D eigenvalue weighted by Crippen LogP contribution is -2.40. The topological polar surface area (TPSA) is 71.7 Å². The lowest BCUT2D eigenvalue weighted by atomic mass is 9.90. The van der Waals surface area contributed by atoms with Crippen molar-refractivity contribution in [2.24, 2.45) is 0 Å². The van der Waals surface area contributed by atoms with E-state index in [0.717, 1.165) is 17.0 Å². The van der Waals surface area contributed by atoms with Crippen LogP contribution in [0.3, 0.4) is 0 Å². The van der Waals surface area contributed by atoms with Crippen LogP contribution in [0.15, 0.2) is 71.5 Å². The minimum Gasteiger partial charge on any atom is -0.268 e. The van der Waals surface area contributed by atoms with Crippen LogP contribution in [0.4, 0.5) is 14.5 Å². The van der Waals surface area contributed by atoms with E-state index in [4.69, 9.17) is 0 Å². The number of carbonyl (C=O) groups excluding carboxylic acids is 2. The van der Waals surface area contributed by atoms with Gasteiger partial charge in [0.1, 0.15) is 5.65 Å². The number of pyridine rings is 1. The fraction of sp³-hybridized carbons (Fsp3) is 0. The highest BCUT2D eigenvalue weighted by molar-refractivity contribution is 6.38. The number of fused-ring (bicyclic) bond motifs is 4. The number of rotatable bonds is 1. The van der Waals surface area contributed by atoms with Crippen molar-refractivity contribution in [3.05, 3.63) is 99.8 Å². The van der Waals surface area contributed by atoms with Gasteiger partial charge >= 0.3 is 0 Å². The normalized spacial score (nSPS) is 13.8. The van der Waals surface area contributed by atoms with Crippen molar-refractivity contribution in [2.75, 3.05) is 4.90 Å². The summed E-state index contributed by atoms with van der Waals surface area (Å²) in [6, 6.07) is 16.8. The number of aromatic nitrogens is 2. The number of benzene rings is 4. The molecule has 0 spiro atoms. The molecule has 0 N–H and O–H groups in total. The summed E-state index contributed by atoms with van der Waals surface area (Å²) in [5.74, 6) is -3.15. The van der Waals surface area contributed by atoms with E-state index < -0.39 is 29.0 Å². The molecule has 0 aliphatic carbocycles. The summed E-state index contributed by atoms with van der Waals surface area (Å²) < 4.78 is 29.0. The van der Waals surface area contributed by atoms with Crippen LogP contribution in [-0.4, -0.2) is 21.2 Å². The van der Waals surface area contributed by atoms with Crippen LogP contribution in [0.2, 0.25) is 0 Å². The average molecular weight is 451 g/mol. The Hall–Kier alpha value is -4.72. The molecule has 1 aliphatic rings. The highest BCUT2D eigenvalue weighted by Gasteiger charge is 2.35. The number of hydrogen-bond donors (Lipinski definition) is 0. The van der Waals surface area contributed by atoms with Crippen LogP contribution in [-0.2, 0) is 0 Å². The van der Waals surface area contributed by atoms with E-state index in [0.29, 0.717) is 21.8 Å². The highest BCUT2D eigenvalue weighted by Crippen LogP contribution is 2.38. The second kappa shape index (κ2) is 6.20. The van der Waals surface area contributed by atoms with Crippen LogP contribution in [0.25, 0.3) is 38.2 Å². The molecular formula is C26H11F2N3O3. The zero-order valence-electron chi connectivity index (χ0n) is 17.2. The van der Waals surface area contributed by atoms with E-state index in [1.807, 2.05) is 0 Å². The van der Waals surface area contributed by atoms with Crippen molar-refractivity contribution in [1.29, 1.82) is 0 Å². The molecule has 2 aromatic heterocycles. The van der Waals surface area contributed by atoms with E-state index in [2.05, 4.69) is 4.98 Å². The number of anilines is 1. The monoisotopic (exact) mass is 451 g/mol. The van der Waals surface area contributed by atoms with Crippen LogP contribution >= 0.6 is 0 Å². The van der Waals surface area contributed by atoms with Gasteiger partial charge in [-0.1, -0.05) is 18.2 Å². The molecule has 0 saturated carbocycles. The fourth-order valence-electron chi connectivity index (χ4n) is 4.94. The van der Waals surface area contributed by atoms with E-state index in [-0.39, 0.29) is 33.2 Å². The number of imidazole rings is 1. The van der Waals surface area contributed by atoms with E-state index in [1.165, 1.54) is 16.5 Å². The number of nitrogens with zero attached hydrogens (tertiary/aromatic N) is 3. The summed E-state index contributed by atoms with van der Waals surface area (Å²) in [4.78, 5) is 45.8. The Kier molecular flexibility index (Phi) is 3.43. The molecular weight excluding hydrogens is 440 g/mol. The number of halogens is 2. The minimum atomic E-state index is -1.09. The quantitative estimate of drug-likeness (QED) is 0.341. The first-order valence-corrected chi connectivity index (χ1v) is 10.4. The summed E-state index contributed by atoms with van der Waals surface area (Å²) in [6.07, 6.45) is 0. The first kappa shape index (κ1) is 18.8. The van der Waals surface area contributed by atoms with Crippen molar-refractivity contribution < 1.29 is 18.4 Å². The Bertz CT molecular complexity index is 1930. The molecule has 0 saturated heterocycles. The van der Waals surface area contributed by atoms with E-state index in [1.54, 1.807) is 42.5 Å². The molecule has 2 amide bonds. The first-order valence-electron chi connectivity index (χ1n) is 10.4. The molecule has 6 nitrogen and oxygen atoms in total. The molecule has 162 valence electrons. The Morgan fingerprint density at radius 2 is 1.35 bits per heavy atom. The van der Waals surface area contributed by atoms with Gasteiger partial charge in [-0.2, -0.15) is 0 Å². The zero-order valence-corrected chi connectivity index (χ0v) is 17.2. The van der Waals surface area contributed by atoms with Crippen LogP contribution < -0.4 is 10.5 Å². The third kappa shape index (κ3) is 2.17. The zero-order chi connectivity index (χ0) is 23.3. The van der Waals surface area contributed by atoms with Crippen molar-refractivity contribution in [1.82, 2.24) is 9.38 Å². The number of amides is 2. The Balaban J connectivity index is 1.63. The number of carbonyl (C=O) groups is 2. The van der Waals surface area contributed by atoms with Crippen LogP contribution in [0, 0.1) is 11.6 Å². The molecule has 0 unspecified atom stereocenters.